The minimum Gasteiger partial charge on any atom is -0.481 e. The van der Waals surface area contributed by atoms with Crippen LogP contribution in [-0.4, -0.2) is 55.9 Å². The predicted octanol–water partition coefficient (Wildman–Crippen LogP) is 2.17. The zero-order valence-electron chi connectivity index (χ0n) is 16.7. The Bertz CT molecular complexity index is 911. The summed E-state index contributed by atoms with van der Waals surface area (Å²) in [6, 6.07) is 0. The maximum Gasteiger partial charge on any atom is 0.303 e. The van der Waals surface area contributed by atoms with E-state index in [4.69, 9.17) is 5.11 Å². The molecule has 0 aromatic heterocycles. The van der Waals surface area contributed by atoms with Gasteiger partial charge in [-0.05, 0) is 56.3 Å². The standard InChI is InChI=1S/C22H26FNO6/c1-19-7-4-14(25)10-13(19)2-3-16-15-5-8-21(29,9-6-18(27)28)20(15,12-24-30)11-17(26)22(16,19)23/h2-4,7,10,12,15-17,26,29-30H,5-6,8-9,11H2,1H3,(H,27,28)/t15-,16-,17-,19-,20+,21+,22-/m0/s1. The van der Waals surface area contributed by atoms with E-state index in [9.17, 15) is 25.0 Å². The van der Waals surface area contributed by atoms with Gasteiger partial charge in [-0.2, -0.15) is 0 Å². The number of ketones is 1. The van der Waals surface area contributed by atoms with Gasteiger partial charge in [0.15, 0.2) is 11.5 Å². The number of hydrogen-bond acceptors (Lipinski definition) is 6. The van der Waals surface area contributed by atoms with E-state index >= 15 is 4.39 Å². The topological polar surface area (TPSA) is 127 Å². The largest absolute Gasteiger partial charge is 0.481 e. The lowest BCUT2D eigenvalue weighted by Gasteiger charge is -2.60. The normalized spacial score (nSPS) is 47.0. The van der Waals surface area contributed by atoms with Gasteiger partial charge in [-0.15, -0.1) is 5.16 Å². The number of carboxylic acid groups (broad SMARTS) is 1. The SMILES string of the molecule is C[C@]12C=CC(=O)C=C1C=C[C@H]1[C@@H]3CC[C@@](O)(CCC(=O)O)[C@@]3(C=NO)C[C@H](O)[C@@]12F. The molecule has 0 heterocycles. The molecule has 7 atom stereocenters. The van der Waals surface area contributed by atoms with Crippen LogP contribution in [0, 0.1) is 22.7 Å². The van der Waals surface area contributed by atoms with Crippen molar-refractivity contribution in [2.24, 2.45) is 27.8 Å². The first-order valence-electron chi connectivity index (χ1n) is 10.2. The van der Waals surface area contributed by atoms with Crippen LogP contribution in [-0.2, 0) is 9.59 Å². The average Bonchev–Trinajstić information content (AvgIpc) is 2.95. The molecule has 30 heavy (non-hydrogen) atoms. The van der Waals surface area contributed by atoms with Crippen LogP contribution in [0.25, 0.3) is 0 Å². The highest BCUT2D eigenvalue weighted by atomic mass is 19.1. The first-order valence-corrected chi connectivity index (χ1v) is 10.2. The quantitative estimate of drug-likeness (QED) is 0.314. The molecule has 0 unspecified atom stereocenters. The molecule has 2 fully saturated rings. The number of carboxylic acids is 1. The maximum absolute atomic E-state index is 16.9. The third kappa shape index (κ3) is 2.46. The summed E-state index contributed by atoms with van der Waals surface area (Å²) in [4.78, 5) is 23.0. The second kappa shape index (κ2) is 6.59. The summed E-state index contributed by atoms with van der Waals surface area (Å²) in [5.74, 6) is -2.65. The van der Waals surface area contributed by atoms with Gasteiger partial charge in [0.25, 0.3) is 0 Å². The van der Waals surface area contributed by atoms with Crippen LogP contribution in [0.2, 0.25) is 0 Å². The zero-order valence-corrected chi connectivity index (χ0v) is 16.7. The summed E-state index contributed by atoms with van der Waals surface area (Å²) in [6.45, 7) is 1.65. The minimum absolute atomic E-state index is 0.0931. The number of alkyl halides is 1. The van der Waals surface area contributed by atoms with Gasteiger partial charge < -0.3 is 20.5 Å². The molecular formula is C22H26FNO6. The average molecular weight is 419 g/mol. The molecule has 0 aliphatic heterocycles. The van der Waals surface area contributed by atoms with Crippen LogP contribution < -0.4 is 0 Å². The second-order valence-electron chi connectivity index (χ2n) is 9.27. The van der Waals surface area contributed by atoms with E-state index in [2.05, 4.69) is 5.16 Å². The predicted molar refractivity (Wildman–Crippen MR) is 105 cm³/mol. The number of carbonyl (C=O) groups excluding carboxylic acids is 1. The number of aliphatic carboxylic acids is 1. The Morgan fingerprint density at radius 1 is 1.40 bits per heavy atom. The van der Waals surface area contributed by atoms with E-state index in [1.165, 1.54) is 18.2 Å². The molecular weight excluding hydrogens is 393 g/mol. The van der Waals surface area contributed by atoms with Gasteiger partial charge in [-0.3, -0.25) is 9.59 Å². The second-order valence-corrected chi connectivity index (χ2v) is 9.27. The zero-order chi connectivity index (χ0) is 21.9. The van der Waals surface area contributed by atoms with Crippen LogP contribution in [0.1, 0.15) is 39.0 Å². The highest BCUT2D eigenvalue weighted by Crippen LogP contribution is 2.68. The number of fused-ring (bicyclic) bond motifs is 5. The van der Waals surface area contributed by atoms with Crippen molar-refractivity contribution in [1.82, 2.24) is 0 Å². The highest BCUT2D eigenvalue weighted by Gasteiger charge is 2.73. The monoisotopic (exact) mass is 419 g/mol. The van der Waals surface area contributed by atoms with Gasteiger partial charge in [-0.1, -0.05) is 18.2 Å². The van der Waals surface area contributed by atoms with Crippen molar-refractivity contribution in [3.05, 3.63) is 36.0 Å². The van der Waals surface area contributed by atoms with Crippen molar-refractivity contribution >= 4 is 18.0 Å². The van der Waals surface area contributed by atoms with Gasteiger partial charge in [0, 0.05) is 23.2 Å². The summed E-state index contributed by atoms with van der Waals surface area (Å²) in [6.07, 6.45) is 7.11. The van der Waals surface area contributed by atoms with E-state index in [-0.39, 0.29) is 31.5 Å². The third-order valence-electron chi connectivity index (χ3n) is 8.13. The van der Waals surface area contributed by atoms with Gasteiger partial charge in [0.2, 0.25) is 0 Å². The number of allylic oxidation sites excluding steroid dienone is 6. The number of carbonyl (C=O) groups is 2. The third-order valence-corrected chi connectivity index (χ3v) is 8.13. The number of hydrogen-bond donors (Lipinski definition) is 4. The van der Waals surface area contributed by atoms with Crippen molar-refractivity contribution in [3.8, 4) is 0 Å². The molecule has 162 valence electrons. The fraction of sp³-hybridized carbons (Fsp3) is 0.591. The first-order chi connectivity index (χ1) is 14.0. The summed E-state index contributed by atoms with van der Waals surface area (Å²) in [5, 5.41) is 44.2. The Labute approximate surface area is 173 Å². The van der Waals surface area contributed by atoms with Crippen LogP contribution in [0.4, 0.5) is 4.39 Å². The van der Waals surface area contributed by atoms with Gasteiger partial charge in [0.05, 0.1) is 17.9 Å². The Balaban J connectivity index is 1.84. The highest BCUT2D eigenvalue weighted by molar-refractivity contribution is 6.01. The number of aliphatic hydroxyl groups excluding tert-OH is 1. The van der Waals surface area contributed by atoms with Crippen LogP contribution in [0.5, 0.6) is 0 Å². The number of oxime groups is 1. The number of nitrogens with zero attached hydrogens (tertiary/aromatic N) is 1. The maximum atomic E-state index is 16.9. The molecule has 0 bridgehead atoms. The van der Waals surface area contributed by atoms with Crippen molar-refractivity contribution in [2.75, 3.05) is 0 Å². The smallest absolute Gasteiger partial charge is 0.303 e. The summed E-state index contributed by atoms with van der Waals surface area (Å²) in [7, 11) is 0. The summed E-state index contributed by atoms with van der Waals surface area (Å²) in [5.41, 5.74) is -5.71. The Kier molecular flexibility index (Phi) is 4.60. The van der Waals surface area contributed by atoms with E-state index in [0.29, 0.717) is 12.0 Å². The van der Waals surface area contributed by atoms with E-state index in [0.717, 1.165) is 6.21 Å². The molecule has 4 aliphatic rings. The molecule has 8 heteroatoms. The Morgan fingerprint density at radius 2 is 2.13 bits per heavy atom. The van der Waals surface area contributed by atoms with Crippen LogP contribution in [0.15, 0.2) is 41.1 Å². The lowest BCUT2D eigenvalue weighted by atomic mass is 9.46. The fourth-order valence-corrected chi connectivity index (χ4v) is 6.54. The number of rotatable bonds is 4. The summed E-state index contributed by atoms with van der Waals surface area (Å²) >= 11 is 0. The molecule has 0 spiro atoms. The molecule has 2 saturated carbocycles. The number of aliphatic hydroxyl groups is 2. The lowest BCUT2D eigenvalue weighted by Crippen LogP contribution is -2.68. The first kappa shape index (κ1) is 20.9. The van der Waals surface area contributed by atoms with Crippen molar-refractivity contribution in [3.63, 3.8) is 0 Å². The molecule has 0 radical (unpaired) electrons. The van der Waals surface area contributed by atoms with Crippen molar-refractivity contribution < 1.29 is 34.5 Å². The Hall–Kier alpha value is -2.32. The lowest BCUT2D eigenvalue weighted by molar-refractivity contribution is -0.184. The minimum atomic E-state index is -2.14. The van der Waals surface area contributed by atoms with Gasteiger partial charge in [0.1, 0.15) is 0 Å². The number of halogens is 1. The van der Waals surface area contributed by atoms with Gasteiger partial charge >= 0.3 is 5.97 Å². The molecule has 4 rings (SSSR count). The van der Waals surface area contributed by atoms with Crippen LogP contribution in [0.3, 0.4) is 0 Å². The molecule has 4 aliphatic carbocycles. The molecule has 0 aromatic rings. The van der Waals surface area contributed by atoms with E-state index < -0.39 is 46.0 Å². The van der Waals surface area contributed by atoms with Gasteiger partial charge in [-0.25, -0.2) is 4.39 Å². The molecule has 4 N–H and O–H groups in total. The van der Waals surface area contributed by atoms with Crippen LogP contribution >= 0.6 is 0 Å². The fourth-order valence-electron chi connectivity index (χ4n) is 6.54. The molecule has 0 amide bonds. The molecule has 7 nitrogen and oxygen atoms in total. The molecule has 0 saturated heterocycles. The summed E-state index contributed by atoms with van der Waals surface area (Å²) < 4.78 is 16.9. The van der Waals surface area contributed by atoms with Crippen molar-refractivity contribution in [1.29, 1.82) is 0 Å². The Morgan fingerprint density at radius 3 is 2.80 bits per heavy atom. The van der Waals surface area contributed by atoms with E-state index in [1.807, 2.05) is 0 Å². The van der Waals surface area contributed by atoms with E-state index in [1.54, 1.807) is 19.1 Å². The molecule has 0 aromatic carbocycles. The van der Waals surface area contributed by atoms with Crippen molar-refractivity contribution in [2.45, 2.75) is 56.4 Å².